The summed E-state index contributed by atoms with van der Waals surface area (Å²) in [6.45, 7) is 7.53. The van der Waals surface area contributed by atoms with Gasteiger partial charge in [0, 0.05) is 11.0 Å². The van der Waals surface area contributed by atoms with Crippen LogP contribution in [0.3, 0.4) is 0 Å². The van der Waals surface area contributed by atoms with Gasteiger partial charge in [-0.15, -0.1) is 0 Å². The molecule has 0 saturated carbocycles. The summed E-state index contributed by atoms with van der Waals surface area (Å²) in [6, 6.07) is 0. The number of esters is 1. The SMILES string of the molecule is C=C(CC1(CCCCCC)COC1)C(=O)OC. The maximum Gasteiger partial charge on any atom is 0.333 e. The van der Waals surface area contributed by atoms with E-state index in [1.807, 2.05) is 0 Å². The lowest BCUT2D eigenvalue weighted by Gasteiger charge is -2.42. The number of hydrogen-bond donors (Lipinski definition) is 0. The van der Waals surface area contributed by atoms with Crippen molar-refractivity contribution in [1.82, 2.24) is 0 Å². The Morgan fingerprint density at radius 1 is 1.35 bits per heavy atom. The Labute approximate surface area is 104 Å². The fraction of sp³-hybridized carbons (Fsp3) is 0.786. The molecule has 1 fully saturated rings. The van der Waals surface area contributed by atoms with Gasteiger partial charge in [0.05, 0.1) is 20.3 Å². The van der Waals surface area contributed by atoms with E-state index in [0.29, 0.717) is 12.0 Å². The van der Waals surface area contributed by atoms with Crippen LogP contribution in [0.1, 0.15) is 45.4 Å². The lowest BCUT2D eigenvalue weighted by atomic mass is 9.75. The Bertz CT molecular complexity index is 267. The number of ether oxygens (including phenoxy) is 2. The Kier molecular flexibility index (Phi) is 5.69. The average Bonchev–Trinajstić information content (AvgIpc) is 2.29. The number of carbonyl (C=O) groups excluding carboxylic acids is 1. The van der Waals surface area contributed by atoms with Crippen molar-refractivity contribution in [1.29, 1.82) is 0 Å². The normalized spacial score (nSPS) is 17.3. The van der Waals surface area contributed by atoms with Crippen LogP contribution in [0.5, 0.6) is 0 Å². The third-order valence-corrected chi connectivity index (χ3v) is 3.44. The molecule has 0 amide bonds. The van der Waals surface area contributed by atoms with Crippen LogP contribution in [-0.4, -0.2) is 26.3 Å². The van der Waals surface area contributed by atoms with E-state index in [1.165, 1.54) is 32.8 Å². The summed E-state index contributed by atoms with van der Waals surface area (Å²) < 4.78 is 10.0. The predicted molar refractivity (Wildman–Crippen MR) is 67.8 cm³/mol. The molecule has 0 N–H and O–H groups in total. The maximum absolute atomic E-state index is 11.3. The molecule has 3 nitrogen and oxygen atoms in total. The van der Waals surface area contributed by atoms with Crippen LogP contribution in [0, 0.1) is 5.41 Å². The summed E-state index contributed by atoms with van der Waals surface area (Å²) in [5.41, 5.74) is 0.727. The third-order valence-electron chi connectivity index (χ3n) is 3.44. The molecule has 1 rings (SSSR count). The van der Waals surface area contributed by atoms with Gasteiger partial charge >= 0.3 is 5.97 Å². The van der Waals surface area contributed by atoms with E-state index in [2.05, 4.69) is 13.5 Å². The first kappa shape index (κ1) is 14.2. The second-order valence-corrected chi connectivity index (χ2v) is 5.08. The molecule has 17 heavy (non-hydrogen) atoms. The summed E-state index contributed by atoms with van der Waals surface area (Å²) in [4.78, 5) is 11.3. The lowest BCUT2D eigenvalue weighted by molar-refractivity contribution is -0.140. The van der Waals surface area contributed by atoms with Crippen LogP contribution in [-0.2, 0) is 14.3 Å². The molecular weight excluding hydrogens is 216 g/mol. The summed E-state index contributed by atoms with van der Waals surface area (Å²) in [6.07, 6.45) is 6.86. The fourth-order valence-corrected chi connectivity index (χ4v) is 2.32. The highest BCUT2D eigenvalue weighted by atomic mass is 16.5. The zero-order valence-corrected chi connectivity index (χ0v) is 11.1. The van der Waals surface area contributed by atoms with Gasteiger partial charge in [0.15, 0.2) is 0 Å². The molecule has 0 aromatic carbocycles. The molecule has 0 aliphatic carbocycles. The van der Waals surface area contributed by atoms with Crippen molar-refractivity contribution in [2.24, 2.45) is 5.41 Å². The van der Waals surface area contributed by atoms with E-state index in [-0.39, 0.29) is 11.4 Å². The van der Waals surface area contributed by atoms with Crippen molar-refractivity contribution in [3.63, 3.8) is 0 Å². The Morgan fingerprint density at radius 3 is 2.53 bits per heavy atom. The Morgan fingerprint density at radius 2 is 2.06 bits per heavy atom. The van der Waals surface area contributed by atoms with E-state index in [9.17, 15) is 4.79 Å². The van der Waals surface area contributed by atoms with E-state index in [1.54, 1.807) is 0 Å². The second-order valence-electron chi connectivity index (χ2n) is 5.08. The molecule has 1 aliphatic rings. The van der Waals surface area contributed by atoms with Gasteiger partial charge in [-0.2, -0.15) is 0 Å². The molecule has 98 valence electrons. The Balaban J connectivity index is 2.35. The zero-order chi connectivity index (χ0) is 12.7. The predicted octanol–water partition coefficient (Wildman–Crippen LogP) is 3.09. The molecule has 1 aliphatic heterocycles. The van der Waals surface area contributed by atoms with Gasteiger partial charge in [0.25, 0.3) is 0 Å². The van der Waals surface area contributed by atoms with Crippen LogP contribution >= 0.6 is 0 Å². The number of rotatable bonds is 8. The first-order chi connectivity index (χ1) is 8.13. The average molecular weight is 240 g/mol. The molecular formula is C14H24O3. The summed E-state index contributed by atoms with van der Waals surface area (Å²) in [5, 5.41) is 0. The standard InChI is InChI=1S/C14H24O3/c1-4-5-6-7-8-14(10-17-11-14)9-12(2)13(15)16-3/h2,4-11H2,1,3H3. The van der Waals surface area contributed by atoms with Gasteiger partial charge < -0.3 is 9.47 Å². The highest BCUT2D eigenvalue weighted by Gasteiger charge is 2.39. The van der Waals surface area contributed by atoms with Crippen molar-refractivity contribution in [2.75, 3.05) is 20.3 Å². The van der Waals surface area contributed by atoms with Crippen LogP contribution in [0.15, 0.2) is 12.2 Å². The largest absolute Gasteiger partial charge is 0.466 e. The lowest BCUT2D eigenvalue weighted by Crippen LogP contribution is -2.43. The minimum Gasteiger partial charge on any atom is -0.466 e. The van der Waals surface area contributed by atoms with Crippen LogP contribution in [0.4, 0.5) is 0 Å². The molecule has 0 aromatic rings. The molecule has 1 saturated heterocycles. The van der Waals surface area contributed by atoms with E-state index in [4.69, 9.17) is 9.47 Å². The van der Waals surface area contributed by atoms with Gasteiger partial charge in [-0.3, -0.25) is 0 Å². The van der Waals surface area contributed by atoms with Gasteiger partial charge in [0.2, 0.25) is 0 Å². The van der Waals surface area contributed by atoms with Crippen molar-refractivity contribution >= 4 is 5.97 Å². The molecule has 0 spiro atoms. The second kappa shape index (κ2) is 6.80. The van der Waals surface area contributed by atoms with Crippen molar-refractivity contribution in [3.8, 4) is 0 Å². The highest BCUT2D eigenvalue weighted by Crippen LogP contribution is 2.39. The van der Waals surface area contributed by atoms with Crippen molar-refractivity contribution in [3.05, 3.63) is 12.2 Å². The van der Waals surface area contributed by atoms with Gasteiger partial charge in [0.1, 0.15) is 0 Å². The zero-order valence-electron chi connectivity index (χ0n) is 11.1. The molecule has 3 heteroatoms. The molecule has 0 bridgehead atoms. The summed E-state index contributed by atoms with van der Waals surface area (Å²) >= 11 is 0. The monoisotopic (exact) mass is 240 g/mol. The highest BCUT2D eigenvalue weighted by molar-refractivity contribution is 5.87. The molecule has 0 unspecified atom stereocenters. The third kappa shape index (κ3) is 4.15. The van der Waals surface area contributed by atoms with Crippen molar-refractivity contribution in [2.45, 2.75) is 45.4 Å². The molecule has 0 radical (unpaired) electrons. The minimum absolute atomic E-state index is 0.152. The number of carbonyl (C=O) groups is 1. The minimum atomic E-state index is -0.287. The molecule has 0 aromatic heterocycles. The van der Waals surface area contributed by atoms with Crippen LogP contribution in [0.25, 0.3) is 0 Å². The topological polar surface area (TPSA) is 35.5 Å². The number of unbranched alkanes of at least 4 members (excludes halogenated alkanes) is 3. The first-order valence-corrected chi connectivity index (χ1v) is 6.47. The van der Waals surface area contributed by atoms with Crippen molar-refractivity contribution < 1.29 is 14.3 Å². The van der Waals surface area contributed by atoms with E-state index in [0.717, 1.165) is 19.6 Å². The quantitative estimate of drug-likeness (QED) is 0.371. The molecule has 0 atom stereocenters. The first-order valence-electron chi connectivity index (χ1n) is 6.47. The van der Waals surface area contributed by atoms with Gasteiger partial charge in [-0.25, -0.2) is 4.79 Å². The summed E-state index contributed by atoms with van der Waals surface area (Å²) in [5.74, 6) is -0.287. The number of hydrogen-bond acceptors (Lipinski definition) is 3. The van der Waals surface area contributed by atoms with Gasteiger partial charge in [-0.05, 0) is 12.8 Å². The van der Waals surface area contributed by atoms with Crippen LogP contribution in [0.2, 0.25) is 0 Å². The summed E-state index contributed by atoms with van der Waals surface area (Å²) in [7, 11) is 1.40. The van der Waals surface area contributed by atoms with Crippen LogP contribution < -0.4 is 0 Å². The maximum atomic E-state index is 11.3. The fourth-order valence-electron chi connectivity index (χ4n) is 2.32. The Hall–Kier alpha value is -0.830. The smallest absolute Gasteiger partial charge is 0.333 e. The molecule has 1 heterocycles. The van der Waals surface area contributed by atoms with E-state index < -0.39 is 0 Å². The van der Waals surface area contributed by atoms with Gasteiger partial charge in [-0.1, -0.05) is 39.2 Å². The van der Waals surface area contributed by atoms with E-state index >= 15 is 0 Å². The number of methoxy groups -OCH3 is 1.